The van der Waals surface area contributed by atoms with Crippen LogP contribution in [0.25, 0.3) is 0 Å². The number of hydrogen-bond acceptors (Lipinski definition) is 2. The van der Waals surface area contributed by atoms with Crippen LogP contribution in [0, 0.1) is 12.7 Å². The lowest BCUT2D eigenvalue weighted by Gasteiger charge is -2.31. The van der Waals surface area contributed by atoms with Crippen molar-refractivity contribution in [1.82, 2.24) is 4.90 Å². The van der Waals surface area contributed by atoms with E-state index in [1.807, 2.05) is 0 Å². The molecule has 3 nitrogen and oxygen atoms in total. The van der Waals surface area contributed by atoms with E-state index in [0.29, 0.717) is 24.2 Å². The molecule has 0 N–H and O–H groups in total. The van der Waals surface area contributed by atoms with Gasteiger partial charge in [-0.05, 0) is 37.5 Å². The minimum absolute atomic E-state index is 0.0940. The summed E-state index contributed by atoms with van der Waals surface area (Å²) in [6, 6.07) is 4.65. The largest absolute Gasteiger partial charge is 0.381 e. The van der Waals surface area contributed by atoms with Crippen LogP contribution in [0.3, 0.4) is 0 Å². The summed E-state index contributed by atoms with van der Waals surface area (Å²) in [7, 11) is 1.69. The Hall–Kier alpha value is -1.42. The number of nitrogens with zero attached hydrogens (tertiary/aromatic N) is 1. The summed E-state index contributed by atoms with van der Waals surface area (Å²) in [6.45, 7) is 3.04. The van der Waals surface area contributed by atoms with E-state index in [-0.39, 0.29) is 17.8 Å². The van der Waals surface area contributed by atoms with E-state index in [0.717, 1.165) is 12.8 Å². The van der Waals surface area contributed by atoms with Crippen molar-refractivity contribution in [1.29, 1.82) is 0 Å². The van der Waals surface area contributed by atoms with Crippen LogP contribution in [0.5, 0.6) is 0 Å². The van der Waals surface area contributed by atoms with Crippen molar-refractivity contribution in [3.8, 4) is 0 Å². The predicted octanol–water partition coefficient (Wildman–Crippen LogP) is 2.39. The first-order valence-electron chi connectivity index (χ1n) is 6.20. The first-order chi connectivity index (χ1) is 8.61. The molecule has 1 saturated heterocycles. The van der Waals surface area contributed by atoms with Gasteiger partial charge in [0.25, 0.3) is 5.91 Å². The van der Waals surface area contributed by atoms with Crippen molar-refractivity contribution in [3.05, 3.63) is 35.1 Å². The fourth-order valence-corrected chi connectivity index (χ4v) is 2.20. The lowest BCUT2D eigenvalue weighted by atomic mass is 10.1. The summed E-state index contributed by atoms with van der Waals surface area (Å²) >= 11 is 0. The minimum Gasteiger partial charge on any atom is -0.381 e. The van der Waals surface area contributed by atoms with Crippen molar-refractivity contribution in [2.75, 3.05) is 20.2 Å². The third-order valence-corrected chi connectivity index (χ3v) is 3.48. The molecule has 1 aliphatic heterocycles. The number of ether oxygens (including phenoxy) is 1. The molecule has 1 fully saturated rings. The van der Waals surface area contributed by atoms with E-state index >= 15 is 0 Å². The second-order valence-electron chi connectivity index (χ2n) is 4.69. The lowest BCUT2D eigenvalue weighted by molar-refractivity contribution is 0.0350. The molecule has 0 radical (unpaired) electrons. The summed E-state index contributed by atoms with van der Waals surface area (Å²) in [5.74, 6) is -0.420. The van der Waals surface area contributed by atoms with Gasteiger partial charge in [-0.25, -0.2) is 4.39 Å². The maximum Gasteiger partial charge on any atom is 0.253 e. The van der Waals surface area contributed by atoms with Gasteiger partial charge in [0.1, 0.15) is 5.82 Å². The van der Waals surface area contributed by atoms with Gasteiger partial charge >= 0.3 is 0 Å². The van der Waals surface area contributed by atoms with Crippen molar-refractivity contribution in [3.63, 3.8) is 0 Å². The first-order valence-corrected chi connectivity index (χ1v) is 6.20. The van der Waals surface area contributed by atoms with Crippen molar-refractivity contribution >= 4 is 5.91 Å². The molecule has 4 heteroatoms. The standard InChI is InChI=1S/C14H18FNO2/c1-10-3-4-11(9-13(10)15)14(17)16-7-5-12(18-2)6-8-16/h3-4,9,12H,5-8H2,1-2H3. The molecule has 1 aliphatic rings. The summed E-state index contributed by atoms with van der Waals surface area (Å²) in [5, 5.41) is 0. The van der Waals surface area contributed by atoms with Gasteiger partial charge in [0.05, 0.1) is 6.10 Å². The number of amides is 1. The Bertz CT molecular complexity index is 439. The molecule has 18 heavy (non-hydrogen) atoms. The quantitative estimate of drug-likeness (QED) is 0.807. The summed E-state index contributed by atoms with van der Waals surface area (Å²) in [4.78, 5) is 13.9. The van der Waals surface area contributed by atoms with Gasteiger partial charge in [-0.3, -0.25) is 4.79 Å². The molecule has 98 valence electrons. The Morgan fingerprint density at radius 1 is 1.39 bits per heavy atom. The Morgan fingerprint density at radius 2 is 2.06 bits per heavy atom. The molecule has 1 aromatic carbocycles. The van der Waals surface area contributed by atoms with E-state index in [4.69, 9.17) is 4.74 Å². The SMILES string of the molecule is COC1CCN(C(=O)c2ccc(C)c(F)c2)CC1. The molecular formula is C14H18FNO2. The summed E-state index contributed by atoms with van der Waals surface area (Å²) in [6.07, 6.45) is 1.93. The van der Waals surface area contributed by atoms with E-state index in [9.17, 15) is 9.18 Å². The molecule has 0 atom stereocenters. The molecule has 0 bridgehead atoms. The maximum absolute atomic E-state index is 13.4. The smallest absolute Gasteiger partial charge is 0.253 e. The second kappa shape index (κ2) is 5.48. The van der Waals surface area contributed by atoms with E-state index in [2.05, 4.69) is 0 Å². The number of halogens is 1. The van der Waals surface area contributed by atoms with Gasteiger partial charge in [-0.2, -0.15) is 0 Å². The molecule has 0 aliphatic carbocycles. The molecule has 0 spiro atoms. The number of benzene rings is 1. The van der Waals surface area contributed by atoms with Crippen LogP contribution in [-0.4, -0.2) is 37.1 Å². The minimum atomic E-state index is -0.326. The highest BCUT2D eigenvalue weighted by atomic mass is 19.1. The topological polar surface area (TPSA) is 29.5 Å². The normalized spacial score (nSPS) is 16.9. The Balaban J connectivity index is 2.05. The van der Waals surface area contributed by atoms with Crippen LogP contribution in [0.2, 0.25) is 0 Å². The number of carbonyl (C=O) groups excluding carboxylic acids is 1. The average molecular weight is 251 g/mol. The predicted molar refractivity (Wildman–Crippen MR) is 67.1 cm³/mol. The van der Waals surface area contributed by atoms with Gasteiger partial charge in [-0.1, -0.05) is 6.07 Å². The van der Waals surface area contributed by atoms with Crippen LogP contribution in [0.15, 0.2) is 18.2 Å². The van der Waals surface area contributed by atoms with Crippen LogP contribution >= 0.6 is 0 Å². The molecule has 0 saturated carbocycles. The third-order valence-electron chi connectivity index (χ3n) is 3.48. The first kappa shape index (κ1) is 13.0. The highest BCUT2D eigenvalue weighted by Gasteiger charge is 2.23. The number of methoxy groups -OCH3 is 1. The zero-order valence-electron chi connectivity index (χ0n) is 10.8. The van der Waals surface area contributed by atoms with E-state index in [1.165, 1.54) is 6.07 Å². The number of hydrogen-bond donors (Lipinski definition) is 0. The Labute approximate surface area is 107 Å². The van der Waals surface area contributed by atoms with Crippen molar-refractivity contribution in [2.24, 2.45) is 0 Å². The van der Waals surface area contributed by atoms with Crippen LogP contribution in [0.4, 0.5) is 4.39 Å². The number of rotatable bonds is 2. The Kier molecular flexibility index (Phi) is 3.97. The zero-order chi connectivity index (χ0) is 13.1. The molecule has 0 aromatic heterocycles. The molecule has 1 amide bonds. The number of aryl methyl sites for hydroxylation is 1. The van der Waals surface area contributed by atoms with Gasteiger partial charge in [-0.15, -0.1) is 0 Å². The van der Waals surface area contributed by atoms with Gasteiger partial charge in [0.2, 0.25) is 0 Å². The highest BCUT2D eigenvalue weighted by Crippen LogP contribution is 2.17. The molecule has 0 unspecified atom stereocenters. The molecule has 1 heterocycles. The van der Waals surface area contributed by atoms with Crippen molar-refractivity contribution < 1.29 is 13.9 Å². The van der Waals surface area contributed by atoms with Gasteiger partial charge in [0, 0.05) is 25.8 Å². The van der Waals surface area contributed by atoms with Crippen LogP contribution in [-0.2, 0) is 4.74 Å². The second-order valence-corrected chi connectivity index (χ2v) is 4.69. The Morgan fingerprint density at radius 3 is 2.61 bits per heavy atom. The highest BCUT2D eigenvalue weighted by molar-refractivity contribution is 5.94. The molecule has 1 aromatic rings. The summed E-state index contributed by atoms with van der Waals surface area (Å²) in [5.41, 5.74) is 0.985. The molecular weight excluding hydrogens is 233 g/mol. The number of likely N-dealkylation sites (tertiary alicyclic amines) is 1. The number of carbonyl (C=O) groups is 1. The number of piperidine rings is 1. The fourth-order valence-electron chi connectivity index (χ4n) is 2.20. The fraction of sp³-hybridized carbons (Fsp3) is 0.500. The third kappa shape index (κ3) is 2.70. The summed E-state index contributed by atoms with van der Waals surface area (Å²) < 4.78 is 18.7. The van der Waals surface area contributed by atoms with Crippen LogP contribution < -0.4 is 0 Å². The van der Waals surface area contributed by atoms with E-state index in [1.54, 1.807) is 31.1 Å². The molecule has 2 rings (SSSR count). The van der Waals surface area contributed by atoms with Crippen molar-refractivity contribution in [2.45, 2.75) is 25.9 Å². The van der Waals surface area contributed by atoms with E-state index < -0.39 is 0 Å². The lowest BCUT2D eigenvalue weighted by Crippen LogP contribution is -2.40. The van der Waals surface area contributed by atoms with Crippen LogP contribution in [0.1, 0.15) is 28.8 Å². The monoisotopic (exact) mass is 251 g/mol. The maximum atomic E-state index is 13.4. The average Bonchev–Trinajstić information content (AvgIpc) is 2.41. The van der Waals surface area contributed by atoms with Gasteiger partial charge < -0.3 is 9.64 Å². The zero-order valence-corrected chi connectivity index (χ0v) is 10.8. The van der Waals surface area contributed by atoms with Gasteiger partial charge in [0.15, 0.2) is 0 Å².